The summed E-state index contributed by atoms with van der Waals surface area (Å²) in [5.74, 6) is -0.820. The number of rotatable bonds is 5. The van der Waals surface area contributed by atoms with Crippen LogP contribution in [0.25, 0.3) is 10.8 Å². The van der Waals surface area contributed by atoms with Crippen molar-refractivity contribution >= 4 is 23.2 Å². The zero-order valence-corrected chi connectivity index (χ0v) is 11.9. The van der Waals surface area contributed by atoms with Crippen molar-refractivity contribution in [3.63, 3.8) is 0 Å². The Bertz CT molecular complexity index is 618. The fraction of sp³-hybridized carbons (Fsp3) is 0.308. The second-order valence-corrected chi connectivity index (χ2v) is 5.32. The molecule has 20 heavy (non-hydrogen) atoms. The number of thiazole rings is 1. The van der Waals surface area contributed by atoms with Gasteiger partial charge in [-0.25, -0.2) is 4.98 Å². The highest BCUT2D eigenvalue weighted by Crippen LogP contribution is 2.28. The molecule has 106 valence electrons. The number of amides is 1. The number of carbonyl (C=O) groups excluding carboxylic acids is 1. The maximum atomic E-state index is 12.3. The van der Waals surface area contributed by atoms with Crippen molar-refractivity contribution < 1.29 is 19.1 Å². The Morgan fingerprint density at radius 1 is 1.50 bits per heavy atom. The predicted molar refractivity (Wildman–Crippen MR) is 73.8 cm³/mol. The first-order valence-electron chi connectivity index (χ1n) is 6.05. The predicted octanol–water partition coefficient (Wildman–Crippen LogP) is 2.26. The SMILES string of the molecule is CCN(CC(=O)O)C(=O)c1nc(-c2ccco2)sc1C. The van der Waals surface area contributed by atoms with Gasteiger partial charge in [0.15, 0.2) is 10.8 Å². The summed E-state index contributed by atoms with van der Waals surface area (Å²) < 4.78 is 5.25. The van der Waals surface area contributed by atoms with Crippen LogP contribution in [0.1, 0.15) is 22.3 Å². The largest absolute Gasteiger partial charge is 0.480 e. The van der Waals surface area contributed by atoms with Gasteiger partial charge in [-0.05, 0) is 26.0 Å². The topological polar surface area (TPSA) is 83.6 Å². The molecule has 0 fully saturated rings. The zero-order valence-electron chi connectivity index (χ0n) is 11.1. The van der Waals surface area contributed by atoms with Crippen molar-refractivity contribution in [3.05, 3.63) is 29.0 Å². The van der Waals surface area contributed by atoms with E-state index in [4.69, 9.17) is 9.52 Å². The van der Waals surface area contributed by atoms with Gasteiger partial charge in [-0.15, -0.1) is 11.3 Å². The maximum Gasteiger partial charge on any atom is 0.323 e. The molecule has 0 saturated heterocycles. The summed E-state index contributed by atoms with van der Waals surface area (Å²) >= 11 is 1.35. The van der Waals surface area contributed by atoms with Crippen LogP contribution in [0.4, 0.5) is 0 Å². The molecule has 2 heterocycles. The second-order valence-electron chi connectivity index (χ2n) is 4.11. The minimum Gasteiger partial charge on any atom is -0.480 e. The second kappa shape index (κ2) is 5.87. The van der Waals surface area contributed by atoms with Crippen molar-refractivity contribution in [3.8, 4) is 10.8 Å². The number of carboxylic acid groups (broad SMARTS) is 1. The minimum atomic E-state index is -1.04. The molecule has 0 atom stereocenters. The van der Waals surface area contributed by atoms with Gasteiger partial charge in [0.1, 0.15) is 12.2 Å². The molecule has 2 aromatic heterocycles. The van der Waals surface area contributed by atoms with E-state index in [0.29, 0.717) is 17.3 Å². The summed E-state index contributed by atoms with van der Waals surface area (Å²) in [4.78, 5) is 29.3. The van der Waals surface area contributed by atoms with Crippen LogP contribution in [0.3, 0.4) is 0 Å². The van der Waals surface area contributed by atoms with Crippen LogP contribution in [-0.2, 0) is 4.79 Å². The van der Waals surface area contributed by atoms with Crippen LogP contribution in [0, 0.1) is 6.92 Å². The summed E-state index contributed by atoms with van der Waals surface area (Å²) in [6.07, 6.45) is 1.54. The Morgan fingerprint density at radius 2 is 2.25 bits per heavy atom. The van der Waals surface area contributed by atoms with Gasteiger partial charge in [0, 0.05) is 11.4 Å². The lowest BCUT2D eigenvalue weighted by Gasteiger charge is -2.17. The third kappa shape index (κ3) is 2.88. The first-order chi connectivity index (χ1) is 9.52. The van der Waals surface area contributed by atoms with Crippen molar-refractivity contribution in [2.24, 2.45) is 0 Å². The fourth-order valence-electron chi connectivity index (χ4n) is 1.74. The van der Waals surface area contributed by atoms with Crippen LogP contribution < -0.4 is 0 Å². The van der Waals surface area contributed by atoms with Crippen molar-refractivity contribution in [2.75, 3.05) is 13.1 Å². The smallest absolute Gasteiger partial charge is 0.323 e. The summed E-state index contributed by atoms with van der Waals surface area (Å²) in [7, 11) is 0. The number of carbonyl (C=O) groups is 2. The Balaban J connectivity index is 2.28. The highest BCUT2D eigenvalue weighted by atomic mass is 32.1. The van der Waals surface area contributed by atoms with Crippen LogP contribution in [0.15, 0.2) is 22.8 Å². The van der Waals surface area contributed by atoms with Crippen molar-refractivity contribution in [1.29, 1.82) is 0 Å². The molecule has 2 aromatic rings. The monoisotopic (exact) mass is 294 g/mol. The maximum absolute atomic E-state index is 12.3. The van der Waals surface area contributed by atoms with E-state index in [1.54, 1.807) is 26.0 Å². The number of nitrogens with zero attached hydrogens (tertiary/aromatic N) is 2. The number of carboxylic acids is 1. The summed E-state index contributed by atoms with van der Waals surface area (Å²) in [5, 5.41) is 9.42. The molecule has 0 radical (unpaired) electrons. The van der Waals surface area contributed by atoms with Crippen LogP contribution >= 0.6 is 11.3 Å². The lowest BCUT2D eigenvalue weighted by Crippen LogP contribution is -2.35. The van der Waals surface area contributed by atoms with Crippen molar-refractivity contribution in [2.45, 2.75) is 13.8 Å². The standard InChI is InChI=1S/C13H14N2O4S/c1-3-15(7-10(16)17)13(18)11-8(2)20-12(14-11)9-5-4-6-19-9/h4-6H,3,7H2,1-2H3,(H,16,17). The van der Waals surface area contributed by atoms with E-state index in [0.717, 1.165) is 4.88 Å². The van der Waals surface area contributed by atoms with Crippen LogP contribution in [-0.4, -0.2) is 40.0 Å². The van der Waals surface area contributed by atoms with Gasteiger partial charge in [-0.3, -0.25) is 9.59 Å². The van der Waals surface area contributed by atoms with Crippen LogP contribution in [0.5, 0.6) is 0 Å². The highest BCUT2D eigenvalue weighted by molar-refractivity contribution is 7.15. The average Bonchev–Trinajstić information content (AvgIpc) is 3.03. The summed E-state index contributed by atoms with van der Waals surface area (Å²) in [6.45, 7) is 3.50. The van der Waals surface area contributed by atoms with E-state index in [1.165, 1.54) is 22.5 Å². The number of furan rings is 1. The van der Waals surface area contributed by atoms with E-state index < -0.39 is 5.97 Å². The minimum absolute atomic E-state index is 0.282. The molecule has 6 nitrogen and oxygen atoms in total. The molecule has 0 unspecified atom stereocenters. The van der Waals surface area contributed by atoms with Gasteiger partial charge in [0.2, 0.25) is 0 Å². The number of hydrogen-bond donors (Lipinski definition) is 1. The number of aryl methyl sites for hydroxylation is 1. The normalized spacial score (nSPS) is 10.5. The molecule has 1 N–H and O–H groups in total. The quantitative estimate of drug-likeness (QED) is 0.914. The summed E-state index contributed by atoms with van der Waals surface area (Å²) in [6, 6.07) is 3.51. The molecule has 1 amide bonds. The molecule has 0 aliphatic carbocycles. The van der Waals surface area contributed by atoms with E-state index in [-0.39, 0.29) is 18.1 Å². The third-order valence-electron chi connectivity index (χ3n) is 2.73. The van der Waals surface area contributed by atoms with Gasteiger partial charge in [-0.1, -0.05) is 0 Å². The molecular formula is C13H14N2O4S. The van der Waals surface area contributed by atoms with E-state index in [1.807, 2.05) is 0 Å². The Hall–Kier alpha value is -2.15. The molecule has 0 bridgehead atoms. The van der Waals surface area contributed by atoms with E-state index in [2.05, 4.69) is 4.98 Å². The highest BCUT2D eigenvalue weighted by Gasteiger charge is 2.23. The number of aliphatic carboxylic acids is 1. The first kappa shape index (κ1) is 14.3. The lowest BCUT2D eigenvalue weighted by atomic mass is 10.3. The molecular weight excluding hydrogens is 280 g/mol. The Labute approximate surface area is 119 Å². The van der Waals surface area contributed by atoms with E-state index >= 15 is 0 Å². The molecule has 0 spiro atoms. The zero-order chi connectivity index (χ0) is 14.7. The van der Waals surface area contributed by atoms with E-state index in [9.17, 15) is 9.59 Å². The summed E-state index contributed by atoms with van der Waals surface area (Å²) in [5.41, 5.74) is 0.282. The molecule has 0 aliphatic rings. The number of hydrogen-bond acceptors (Lipinski definition) is 5. The molecule has 0 saturated carbocycles. The Kier molecular flexibility index (Phi) is 4.19. The van der Waals surface area contributed by atoms with Gasteiger partial charge in [0.05, 0.1) is 6.26 Å². The van der Waals surface area contributed by atoms with Crippen molar-refractivity contribution in [1.82, 2.24) is 9.88 Å². The average molecular weight is 294 g/mol. The van der Waals surface area contributed by atoms with Gasteiger partial charge < -0.3 is 14.4 Å². The lowest BCUT2D eigenvalue weighted by molar-refractivity contribution is -0.137. The number of likely N-dealkylation sites (N-methyl/N-ethyl adjacent to an activating group) is 1. The van der Waals surface area contributed by atoms with Gasteiger partial charge in [0.25, 0.3) is 5.91 Å². The fourth-order valence-corrected chi connectivity index (χ4v) is 2.61. The molecule has 2 rings (SSSR count). The third-order valence-corrected chi connectivity index (χ3v) is 3.71. The van der Waals surface area contributed by atoms with Gasteiger partial charge in [-0.2, -0.15) is 0 Å². The molecule has 0 aromatic carbocycles. The molecule has 7 heteroatoms. The number of aromatic nitrogens is 1. The Morgan fingerprint density at radius 3 is 2.80 bits per heavy atom. The van der Waals surface area contributed by atoms with Crippen LogP contribution in [0.2, 0.25) is 0 Å². The molecule has 0 aliphatic heterocycles. The van der Waals surface area contributed by atoms with Gasteiger partial charge >= 0.3 is 5.97 Å². The first-order valence-corrected chi connectivity index (χ1v) is 6.87.